The highest BCUT2D eigenvalue weighted by Gasteiger charge is 2.25. The molecular weight excluding hydrogens is 495 g/mol. The third-order valence-corrected chi connectivity index (χ3v) is 7.50. The van der Waals surface area contributed by atoms with Crippen LogP contribution in [0.1, 0.15) is 5.56 Å². The van der Waals surface area contributed by atoms with E-state index < -0.39 is 27.3 Å². The quantitative estimate of drug-likeness (QED) is 0.353. The fraction of sp³-hybridized carbons (Fsp3) is 0.160. The lowest BCUT2D eigenvalue weighted by Crippen LogP contribution is -2.18. The Labute approximate surface area is 207 Å². The number of amides is 1. The molecule has 0 fully saturated rings. The average molecular weight is 517 g/mol. The number of anilines is 1. The maximum Gasteiger partial charge on any atom is 0.244 e. The van der Waals surface area contributed by atoms with Gasteiger partial charge in [-0.3, -0.25) is 4.79 Å². The molecule has 35 heavy (non-hydrogen) atoms. The third-order valence-electron chi connectivity index (χ3n) is 5.48. The summed E-state index contributed by atoms with van der Waals surface area (Å²) < 4.78 is 52.9. The van der Waals surface area contributed by atoms with Crippen LogP contribution in [0.2, 0.25) is 5.02 Å². The lowest BCUT2D eigenvalue weighted by Gasteiger charge is -2.12. The van der Waals surface area contributed by atoms with Gasteiger partial charge >= 0.3 is 0 Å². The van der Waals surface area contributed by atoms with Gasteiger partial charge < -0.3 is 19.4 Å². The van der Waals surface area contributed by atoms with E-state index >= 15 is 0 Å². The number of methoxy groups -OCH3 is 2. The number of hydrogen-bond donors (Lipinski definition) is 1. The van der Waals surface area contributed by atoms with Crippen LogP contribution in [-0.4, -0.2) is 33.1 Å². The molecule has 1 heterocycles. The molecule has 4 rings (SSSR count). The smallest absolute Gasteiger partial charge is 0.244 e. The monoisotopic (exact) mass is 516 g/mol. The summed E-state index contributed by atoms with van der Waals surface area (Å²) in [5.74, 6) is -0.712. The molecule has 182 valence electrons. The summed E-state index contributed by atoms with van der Waals surface area (Å²) in [7, 11) is -0.989. The Hall–Kier alpha value is -3.56. The van der Waals surface area contributed by atoms with Crippen molar-refractivity contribution in [1.29, 1.82) is 0 Å². The summed E-state index contributed by atoms with van der Waals surface area (Å²) in [5.41, 5.74) is 0.884. The van der Waals surface area contributed by atoms with Crippen molar-refractivity contribution in [2.75, 3.05) is 19.5 Å². The fourth-order valence-corrected chi connectivity index (χ4v) is 5.71. The van der Waals surface area contributed by atoms with Gasteiger partial charge in [0.25, 0.3) is 0 Å². The van der Waals surface area contributed by atoms with Gasteiger partial charge in [-0.15, -0.1) is 0 Å². The summed E-state index contributed by atoms with van der Waals surface area (Å²) in [6, 6.07) is 15.8. The summed E-state index contributed by atoms with van der Waals surface area (Å²) in [6.45, 7) is -0.161. The summed E-state index contributed by atoms with van der Waals surface area (Å²) in [6.07, 6.45) is 1.39. The maximum absolute atomic E-state index is 14.3. The number of hydrogen-bond acceptors (Lipinski definition) is 5. The maximum atomic E-state index is 14.3. The van der Waals surface area contributed by atoms with Crippen LogP contribution in [0.5, 0.6) is 11.5 Å². The van der Waals surface area contributed by atoms with Gasteiger partial charge in [-0.1, -0.05) is 35.9 Å². The number of carbonyl (C=O) groups excluding carboxylic acids is 1. The Morgan fingerprint density at radius 1 is 1.06 bits per heavy atom. The second-order valence-corrected chi connectivity index (χ2v) is 10.1. The van der Waals surface area contributed by atoms with Crippen LogP contribution in [0.25, 0.3) is 10.9 Å². The fourth-order valence-electron chi connectivity index (χ4n) is 3.78. The molecule has 0 saturated heterocycles. The minimum atomic E-state index is -3.99. The summed E-state index contributed by atoms with van der Waals surface area (Å²) in [4.78, 5) is 12.8. The number of rotatable bonds is 8. The van der Waals surface area contributed by atoms with Gasteiger partial charge in [0.2, 0.25) is 5.91 Å². The molecule has 0 atom stereocenters. The largest absolute Gasteiger partial charge is 0.497 e. The number of halogens is 2. The topological polar surface area (TPSA) is 86.6 Å². The number of para-hydroxylation sites is 1. The van der Waals surface area contributed by atoms with Crippen LogP contribution < -0.4 is 14.8 Å². The number of nitrogens with one attached hydrogen (secondary N) is 1. The predicted octanol–water partition coefficient (Wildman–Crippen LogP) is 5.06. The van der Waals surface area contributed by atoms with Crippen LogP contribution in [0, 0.1) is 5.82 Å². The number of aromatic nitrogens is 1. The van der Waals surface area contributed by atoms with E-state index in [0.717, 1.165) is 6.07 Å². The standard InChI is InChI=1S/C25H22ClFN2O5S/c1-33-16-10-11-21(23(12-16)34-2)28-25(30)14-29-13-24(17-6-3-4-9-22(17)29)35(31,32)15-18-19(26)7-5-8-20(18)27/h3-13H,14-15H2,1-2H3,(H,28,30). The predicted molar refractivity (Wildman–Crippen MR) is 132 cm³/mol. The van der Waals surface area contributed by atoms with Gasteiger partial charge in [0, 0.05) is 33.8 Å². The first-order valence-corrected chi connectivity index (χ1v) is 12.5. The molecule has 7 nitrogen and oxygen atoms in total. The van der Waals surface area contributed by atoms with E-state index in [1.165, 1.54) is 37.1 Å². The van der Waals surface area contributed by atoms with E-state index in [2.05, 4.69) is 5.32 Å². The van der Waals surface area contributed by atoms with Crippen LogP contribution in [-0.2, 0) is 26.9 Å². The molecule has 1 amide bonds. The average Bonchev–Trinajstić information content (AvgIpc) is 3.21. The molecule has 0 aliphatic carbocycles. The van der Waals surface area contributed by atoms with E-state index in [1.54, 1.807) is 42.5 Å². The molecule has 4 aromatic rings. The first kappa shape index (κ1) is 24.6. The second kappa shape index (κ2) is 9.97. The number of benzene rings is 3. The molecule has 1 N–H and O–H groups in total. The molecule has 0 radical (unpaired) electrons. The molecule has 0 bridgehead atoms. The van der Waals surface area contributed by atoms with Crippen molar-refractivity contribution in [3.8, 4) is 11.5 Å². The Bertz CT molecular complexity index is 1500. The molecule has 0 aliphatic rings. The molecule has 1 aromatic heterocycles. The van der Waals surface area contributed by atoms with Gasteiger partial charge in [-0.05, 0) is 30.3 Å². The zero-order valence-electron chi connectivity index (χ0n) is 18.9. The number of fused-ring (bicyclic) bond motifs is 1. The summed E-state index contributed by atoms with van der Waals surface area (Å²) >= 11 is 6.06. The van der Waals surface area contributed by atoms with Crippen molar-refractivity contribution >= 4 is 43.9 Å². The third kappa shape index (κ3) is 5.11. The Morgan fingerprint density at radius 3 is 2.54 bits per heavy atom. The lowest BCUT2D eigenvalue weighted by molar-refractivity contribution is -0.116. The van der Waals surface area contributed by atoms with Gasteiger partial charge in [0.1, 0.15) is 23.9 Å². The van der Waals surface area contributed by atoms with Gasteiger partial charge in [0.05, 0.1) is 30.6 Å². The van der Waals surface area contributed by atoms with Crippen molar-refractivity contribution in [3.05, 3.63) is 83.3 Å². The lowest BCUT2D eigenvalue weighted by atomic mass is 10.2. The zero-order chi connectivity index (χ0) is 25.2. The highest BCUT2D eigenvalue weighted by molar-refractivity contribution is 7.90. The van der Waals surface area contributed by atoms with Gasteiger partial charge in [-0.2, -0.15) is 0 Å². The van der Waals surface area contributed by atoms with Crippen LogP contribution in [0.15, 0.2) is 71.8 Å². The van der Waals surface area contributed by atoms with E-state index in [0.29, 0.717) is 28.1 Å². The minimum Gasteiger partial charge on any atom is -0.497 e. The van der Waals surface area contributed by atoms with Gasteiger partial charge in [-0.25, -0.2) is 12.8 Å². The van der Waals surface area contributed by atoms with Crippen molar-refractivity contribution in [2.45, 2.75) is 17.2 Å². The zero-order valence-corrected chi connectivity index (χ0v) is 20.5. The number of carbonyl (C=O) groups is 1. The Balaban J connectivity index is 1.65. The van der Waals surface area contributed by atoms with E-state index in [-0.39, 0.29) is 22.0 Å². The van der Waals surface area contributed by atoms with Gasteiger partial charge in [0.15, 0.2) is 9.84 Å². The van der Waals surface area contributed by atoms with Crippen molar-refractivity contribution in [1.82, 2.24) is 4.57 Å². The molecule has 0 unspecified atom stereocenters. The van der Waals surface area contributed by atoms with Crippen molar-refractivity contribution in [2.24, 2.45) is 0 Å². The van der Waals surface area contributed by atoms with Crippen LogP contribution in [0.3, 0.4) is 0 Å². The van der Waals surface area contributed by atoms with E-state index in [9.17, 15) is 17.6 Å². The highest BCUT2D eigenvalue weighted by Crippen LogP contribution is 2.32. The molecule has 10 heteroatoms. The van der Waals surface area contributed by atoms with E-state index in [1.807, 2.05) is 0 Å². The Morgan fingerprint density at radius 2 is 1.83 bits per heavy atom. The number of sulfone groups is 1. The molecular formula is C25H22ClFN2O5S. The molecule has 0 aliphatic heterocycles. The van der Waals surface area contributed by atoms with Crippen LogP contribution >= 0.6 is 11.6 Å². The molecule has 0 spiro atoms. The Kier molecular flexibility index (Phi) is 7.00. The van der Waals surface area contributed by atoms with E-state index in [4.69, 9.17) is 21.1 Å². The van der Waals surface area contributed by atoms with Crippen molar-refractivity contribution in [3.63, 3.8) is 0 Å². The SMILES string of the molecule is COc1ccc(NC(=O)Cn2cc(S(=O)(=O)Cc3c(F)cccc3Cl)c3ccccc32)c(OC)c1. The molecule has 3 aromatic carbocycles. The first-order chi connectivity index (χ1) is 16.7. The first-order valence-electron chi connectivity index (χ1n) is 10.5. The highest BCUT2D eigenvalue weighted by atomic mass is 35.5. The normalized spacial score (nSPS) is 11.4. The number of ether oxygens (including phenoxy) is 2. The van der Waals surface area contributed by atoms with Crippen molar-refractivity contribution < 1.29 is 27.1 Å². The minimum absolute atomic E-state index is 0.0118. The summed E-state index contributed by atoms with van der Waals surface area (Å²) in [5, 5.41) is 3.23. The number of nitrogens with zero attached hydrogens (tertiary/aromatic N) is 1. The van der Waals surface area contributed by atoms with Crippen LogP contribution in [0.4, 0.5) is 10.1 Å². The molecule has 0 saturated carbocycles. The second-order valence-electron chi connectivity index (χ2n) is 7.71.